The lowest BCUT2D eigenvalue weighted by atomic mass is 10.1. The lowest BCUT2D eigenvalue weighted by Gasteiger charge is -2.26. The van der Waals surface area contributed by atoms with Gasteiger partial charge in [-0.15, -0.1) is 0 Å². The van der Waals surface area contributed by atoms with Crippen molar-refractivity contribution in [3.63, 3.8) is 0 Å². The minimum absolute atomic E-state index is 0.166. The van der Waals surface area contributed by atoms with E-state index in [1.54, 1.807) is 73.1 Å². The lowest BCUT2D eigenvalue weighted by Crippen LogP contribution is -2.25. The van der Waals surface area contributed by atoms with Crippen molar-refractivity contribution in [2.24, 2.45) is 0 Å². The van der Waals surface area contributed by atoms with E-state index in [9.17, 15) is 16.8 Å². The summed E-state index contributed by atoms with van der Waals surface area (Å²) >= 11 is 0. The van der Waals surface area contributed by atoms with Crippen molar-refractivity contribution >= 4 is 69.3 Å². The predicted octanol–water partition coefficient (Wildman–Crippen LogP) is 8.37. The Labute approximate surface area is 306 Å². The maximum absolute atomic E-state index is 14.2. The third-order valence-electron chi connectivity index (χ3n) is 9.55. The highest BCUT2D eigenvalue weighted by atomic mass is 32.2. The molecule has 11 heteroatoms. The van der Waals surface area contributed by atoms with Crippen molar-refractivity contribution in [3.05, 3.63) is 175 Å². The van der Waals surface area contributed by atoms with Crippen molar-refractivity contribution in [1.82, 2.24) is 17.9 Å². The molecule has 260 valence electrons. The summed E-state index contributed by atoms with van der Waals surface area (Å²) in [7, 11) is -7.98. The Hall–Kier alpha value is -6.30. The average Bonchev–Trinajstić information content (AvgIpc) is 3.87. The van der Waals surface area contributed by atoms with E-state index >= 15 is 0 Å². The van der Waals surface area contributed by atoms with Crippen LogP contribution in [0.3, 0.4) is 0 Å². The number of para-hydroxylation sites is 3. The van der Waals surface area contributed by atoms with Crippen molar-refractivity contribution in [1.29, 1.82) is 0 Å². The zero-order valence-electron chi connectivity index (χ0n) is 28.2. The van der Waals surface area contributed by atoms with E-state index in [1.807, 2.05) is 91.0 Å². The molecule has 0 aliphatic carbocycles. The highest BCUT2D eigenvalue weighted by Crippen LogP contribution is 2.35. The van der Waals surface area contributed by atoms with Crippen molar-refractivity contribution in [2.75, 3.05) is 4.90 Å². The monoisotopic (exact) mass is 733 g/mol. The molecule has 4 aromatic heterocycles. The molecule has 9 rings (SSSR count). The molecule has 0 amide bonds. The van der Waals surface area contributed by atoms with E-state index in [0.29, 0.717) is 22.4 Å². The Bertz CT molecular complexity index is 2850. The first-order chi connectivity index (χ1) is 25.8. The molecule has 4 heterocycles. The van der Waals surface area contributed by atoms with Gasteiger partial charge in [-0.05, 0) is 60.7 Å². The maximum Gasteiger partial charge on any atom is 0.268 e. The second kappa shape index (κ2) is 12.7. The van der Waals surface area contributed by atoms with Gasteiger partial charge in [0.05, 0.1) is 56.3 Å². The molecular formula is C42H31N5O4S2. The Kier molecular flexibility index (Phi) is 7.83. The van der Waals surface area contributed by atoms with Gasteiger partial charge in [-0.3, -0.25) is 0 Å². The molecule has 53 heavy (non-hydrogen) atoms. The van der Waals surface area contributed by atoms with Gasteiger partial charge in [0.15, 0.2) is 0 Å². The van der Waals surface area contributed by atoms with Gasteiger partial charge in [0, 0.05) is 39.6 Å². The number of pyridine rings is 2. The Morgan fingerprint density at radius 2 is 0.811 bits per heavy atom. The summed E-state index contributed by atoms with van der Waals surface area (Å²) in [5.41, 5.74) is 4.30. The van der Waals surface area contributed by atoms with Gasteiger partial charge in [-0.25, -0.2) is 34.7 Å². The van der Waals surface area contributed by atoms with E-state index < -0.39 is 20.0 Å². The minimum atomic E-state index is -3.99. The minimum Gasteiger partial charge on any atom is -0.360 e. The SMILES string of the molecule is O=S(=O)(c1ccccc1)n1ccc2c3ccccc3nc(CN(Cc3nc4ccccc4c4ccn(S(=O)(=O)c5ccccc5)c34)c3ccccc3)c21. The second-order valence-corrected chi connectivity index (χ2v) is 16.4. The molecule has 0 spiro atoms. The fraction of sp³-hybridized carbons (Fsp3) is 0.0476. The molecule has 5 aromatic carbocycles. The summed E-state index contributed by atoms with van der Waals surface area (Å²) in [5, 5.41) is 3.18. The van der Waals surface area contributed by atoms with Crippen LogP contribution in [0.1, 0.15) is 11.4 Å². The summed E-state index contributed by atoms with van der Waals surface area (Å²) in [5.74, 6) is 0. The average molecular weight is 734 g/mol. The molecule has 0 atom stereocenters. The topological polar surface area (TPSA) is 107 Å². The number of rotatable bonds is 9. The van der Waals surface area contributed by atoms with Gasteiger partial charge >= 0.3 is 0 Å². The fourth-order valence-electron chi connectivity index (χ4n) is 7.10. The van der Waals surface area contributed by atoms with Crippen LogP contribution in [0.15, 0.2) is 174 Å². The van der Waals surface area contributed by atoms with Crippen LogP contribution in [0.5, 0.6) is 0 Å². The number of nitrogens with zero attached hydrogens (tertiary/aromatic N) is 5. The molecule has 0 aliphatic rings. The molecule has 0 fully saturated rings. The van der Waals surface area contributed by atoms with Crippen LogP contribution in [0.4, 0.5) is 5.69 Å². The van der Waals surface area contributed by atoms with E-state index in [2.05, 4.69) is 4.90 Å². The normalized spacial score (nSPS) is 12.2. The molecule has 0 saturated heterocycles. The van der Waals surface area contributed by atoms with Crippen molar-refractivity contribution in [2.45, 2.75) is 22.9 Å². The summed E-state index contributed by atoms with van der Waals surface area (Å²) in [4.78, 5) is 12.6. The highest BCUT2D eigenvalue weighted by Gasteiger charge is 2.26. The molecular weight excluding hydrogens is 703 g/mol. The zero-order valence-corrected chi connectivity index (χ0v) is 29.8. The molecule has 0 radical (unpaired) electrons. The molecule has 0 saturated carbocycles. The standard InChI is InChI=1S/C42H31N5O4S2/c48-52(49,31-16-6-2-7-17-31)46-26-24-35-33-20-10-12-22-37(33)43-39(41(35)46)28-45(30-14-4-1-5-15-30)29-40-42-36(34-21-11-13-23-38(34)44-40)25-27-47(42)53(50,51)32-18-8-3-9-19-32/h1-27H,28-29H2. The zero-order chi connectivity index (χ0) is 36.2. The number of anilines is 1. The van der Waals surface area contributed by atoms with Gasteiger partial charge < -0.3 is 4.90 Å². The number of hydrogen-bond donors (Lipinski definition) is 0. The number of aromatic nitrogens is 4. The molecule has 0 unspecified atom stereocenters. The smallest absolute Gasteiger partial charge is 0.268 e. The lowest BCUT2D eigenvalue weighted by molar-refractivity contribution is 0.587. The summed E-state index contributed by atoms with van der Waals surface area (Å²) in [6.45, 7) is 0.365. The van der Waals surface area contributed by atoms with E-state index in [-0.39, 0.29) is 22.9 Å². The first-order valence-corrected chi connectivity index (χ1v) is 19.9. The van der Waals surface area contributed by atoms with Gasteiger partial charge in [-0.1, -0.05) is 91.0 Å². The van der Waals surface area contributed by atoms with E-state index in [1.165, 1.54) is 7.94 Å². The van der Waals surface area contributed by atoms with E-state index in [0.717, 1.165) is 38.3 Å². The van der Waals surface area contributed by atoms with Gasteiger partial charge in [0.2, 0.25) is 0 Å². The van der Waals surface area contributed by atoms with Crippen LogP contribution in [0.25, 0.3) is 43.6 Å². The Balaban J connectivity index is 1.26. The number of hydrogen-bond acceptors (Lipinski definition) is 7. The summed E-state index contributed by atoms with van der Waals surface area (Å²) < 4.78 is 59.4. The van der Waals surface area contributed by atoms with Gasteiger partial charge in [0.25, 0.3) is 20.0 Å². The maximum atomic E-state index is 14.2. The van der Waals surface area contributed by atoms with Crippen LogP contribution in [-0.2, 0) is 33.1 Å². The third kappa shape index (κ3) is 5.52. The fourth-order valence-corrected chi connectivity index (χ4v) is 9.88. The molecule has 9 nitrogen and oxygen atoms in total. The van der Waals surface area contributed by atoms with Gasteiger partial charge in [0.1, 0.15) is 0 Å². The second-order valence-electron chi connectivity index (χ2n) is 12.7. The van der Waals surface area contributed by atoms with Crippen LogP contribution >= 0.6 is 0 Å². The van der Waals surface area contributed by atoms with E-state index in [4.69, 9.17) is 9.97 Å². The summed E-state index contributed by atoms with van der Waals surface area (Å²) in [6, 6.07) is 45.5. The van der Waals surface area contributed by atoms with Crippen molar-refractivity contribution in [3.8, 4) is 0 Å². The van der Waals surface area contributed by atoms with Crippen molar-refractivity contribution < 1.29 is 16.8 Å². The number of benzene rings is 5. The summed E-state index contributed by atoms with van der Waals surface area (Å²) in [6.07, 6.45) is 3.18. The molecule has 0 bridgehead atoms. The highest BCUT2D eigenvalue weighted by molar-refractivity contribution is 7.90. The molecule has 9 aromatic rings. The Morgan fingerprint density at radius 3 is 1.25 bits per heavy atom. The first-order valence-electron chi connectivity index (χ1n) is 17.0. The Morgan fingerprint density at radius 1 is 0.434 bits per heavy atom. The number of fused-ring (bicyclic) bond motifs is 6. The van der Waals surface area contributed by atoms with Crippen LogP contribution in [0, 0.1) is 0 Å². The predicted molar refractivity (Wildman–Crippen MR) is 209 cm³/mol. The van der Waals surface area contributed by atoms with Crippen LogP contribution < -0.4 is 4.90 Å². The van der Waals surface area contributed by atoms with Gasteiger partial charge in [-0.2, -0.15) is 0 Å². The van der Waals surface area contributed by atoms with Crippen LogP contribution in [-0.4, -0.2) is 34.7 Å². The third-order valence-corrected chi connectivity index (χ3v) is 12.9. The molecule has 0 N–H and O–H groups in total. The van der Waals surface area contributed by atoms with Crippen LogP contribution in [0.2, 0.25) is 0 Å². The quantitative estimate of drug-likeness (QED) is 0.147. The molecule has 0 aliphatic heterocycles. The largest absolute Gasteiger partial charge is 0.360 e. The first kappa shape index (κ1) is 32.6.